The molecule has 36 heavy (non-hydrogen) atoms. The highest BCUT2D eigenvalue weighted by atomic mass is 16.5. The first-order valence-electron chi connectivity index (χ1n) is 12.3. The van der Waals surface area contributed by atoms with Crippen molar-refractivity contribution >= 4 is 23.4 Å². The molecule has 2 aliphatic rings. The molecule has 3 amide bonds. The molecule has 3 atom stereocenters. The van der Waals surface area contributed by atoms with Crippen molar-refractivity contribution in [2.75, 3.05) is 39.2 Å². The lowest BCUT2D eigenvalue weighted by Crippen LogP contribution is -2.49. The second kappa shape index (κ2) is 10.7. The Hall–Kier alpha value is -3.40. The number of amides is 3. The van der Waals surface area contributed by atoms with Gasteiger partial charge in [-0.3, -0.25) is 14.4 Å². The number of fused-ring (bicyclic) bond motifs is 1. The number of carbonyl (C=O) groups excluding carboxylic acids is 3. The standard InChI is InChI=1S/C26H34N4O6/c1-15-12-30(25(32)18-6-7-18)16(2)14-35-22-9-8-19(27-24(31)21-10-17(3)36-28-21)11-20(22)26(33)29(4)13-23(15)34-5/h8-11,15-16,18,23H,6-7,12-14H2,1-5H3,(H,27,31)/t15-,16-,23-/m1/s1. The summed E-state index contributed by atoms with van der Waals surface area (Å²) in [6, 6.07) is 6.27. The smallest absolute Gasteiger partial charge is 0.277 e. The van der Waals surface area contributed by atoms with E-state index in [-0.39, 0.29) is 48.1 Å². The van der Waals surface area contributed by atoms with E-state index in [2.05, 4.69) is 10.5 Å². The van der Waals surface area contributed by atoms with Gasteiger partial charge in [-0.2, -0.15) is 0 Å². The Morgan fingerprint density at radius 2 is 1.92 bits per heavy atom. The molecule has 2 heterocycles. The van der Waals surface area contributed by atoms with Gasteiger partial charge in [-0.25, -0.2) is 0 Å². The van der Waals surface area contributed by atoms with Gasteiger partial charge < -0.3 is 29.1 Å². The minimum atomic E-state index is -0.446. The Labute approximate surface area is 210 Å². The molecule has 1 aliphatic heterocycles. The van der Waals surface area contributed by atoms with E-state index in [1.165, 1.54) is 6.07 Å². The number of nitrogens with one attached hydrogen (secondary N) is 1. The van der Waals surface area contributed by atoms with E-state index in [0.29, 0.717) is 35.9 Å². The van der Waals surface area contributed by atoms with Gasteiger partial charge in [0.2, 0.25) is 5.91 Å². The predicted molar refractivity (Wildman–Crippen MR) is 132 cm³/mol. The first kappa shape index (κ1) is 25.7. The van der Waals surface area contributed by atoms with Crippen LogP contribution in [0.25, 0.3) is 0 Å². The Kier molecular flexibility index (Phi) is 7.63. The van der Waals surface area contributed by atoms with Crippen LogP contribution >= 0.6 is 0 Å². The van der Waals surface area contributed by atoms with E-state index >= 15 is 0 Å². The number of carbonyl (C=O) groups is 3. The van der Waals surface area contributed by atoms with Crippen LogP contribution in [0, 0.1) is 18.8 Å². The summed E-state index contributed by atoms with van der Waals surface area (Å²) >= 11 is 0. The number of aryl methyl sites for hydroxylation is 1. The summed E-state index contributed by atoms with van der Waals surface area (Å²) in [5.74, 6) is 0.444. The quantitative estimate of drug-likeness (QED) is 0.689. The number of hydrogen-bond acceptors (Lipinski definition) is 7. The Bertz CT molecular complexity index is 1130. The van der Waals surface area contributed by atoms with Crippen LogP contribution in [0.1, 0.15) is 53.3 Å². The molecule has 1 aliphatic carbocycles. The molecule has 1 N–H and O–H groups in total. The van der Waals surface area contributed by atoms with E-state index in [4.69, 9.17) is 14.0 Å². The maximum atomic E-state index is 13.5. The molecule has 0 bridgehead atoms. The third kappa shape index (κ3) is 5.70. The van der Waals surface area contributed by atoms with Crippen molar-refractivity contribution in [1.82, 2.24) is 15.0 Å². The summed E-state index contributed by atoms with van der Waals surface area (Å²) in [7, 11) is 3.33. The zero-order chi connectivity index (χ0) is 26.0. The summed E-state index contributed by atoms with van der Waals surface area (Å²) < 4.78 is 16.8. The van der Waals surface area contributed by atoms with Gasteiger partial charge in [-0.15, -0.1) is 0 Å². The molecule has 0 saturated heterocycles. The van der Waals surface area contributed by atoms with E-state index in [1.807, 2.05) is 18.7 Å². The zero-order valence-electron chi connectivity index (χ0n) is 21.4. The molecule has 1 aromatic carbocycles. The summed E-state index contributed by atoms with van der Waals surface area (Å²) in [6.45, 7) is 6.79. The van der Waals surface area contributed by atoms with E-state index in [0.717, 1.165) is 12.8 Å². The molecule has 194 valence electrons. The molecular formula is C26H34N4O6. The van der Waals surface area contributed by atoms with Gasteiger partial charge in [-0.1, -0.05) is 12.1 Å². The van der Waals surface area contributed by atoms with Crippen LogP contribution in [0.4, 0.5) is 5.69 Å². The van der Waals surface area contributed by atoms with Gasteiger partial charge >= 0.3 is 0 Å². The van der Waals surface area contributed by atoms with Gasteiger partial charge in [0.1, 0.15) is 18.1 Å². The number of hydrogen-bond donors (Lipinski definition) is 1. The van der Waals surface area contributed by atoms with Crippen molar-refractivity contribution < 1.29 is 28.4 Å². The minimum Gasteiger partial charge on any atom is -0.491 e. The van der Waals surface area contributed by atoms with Gasteiger partial charge in [0.05, 0.1) is 17.7 Å². The third-order valence-corrected chi connectivity index (χ3v) is 6.77. The van der Waals surface area contributed by atoms with Crippen LogP contribution in [0.5, 0.6) is 5.75 Å². The monoisotopic (exact) mass is 498 g/mol. The largest absolute Gasteiger partial charge is 0.491 e. The molecule has 1 fully saturated rings. The lowest BCUT2D eigenvalue weighted by molar-refractivity contribution is -0.136. The lowest BCUT2D eigenvalue weighted by atomic mass is 10.0. The number of nitrogens with zero attached hydrogens (tertiary/aromatic N) is 3. The van der Waals surface area contributed by atoms with Gasteiger partial charge in [0.15, 0.2) is 5.69 Å². The third-order valence-electron chi connectivity index (χ3n) is 6.77. The summed E-state index contributed by atoms with van der Waals surface area (Å²) in [5, 5.41) is 6.49. The van der Waals surface area contributed by atoms with Crippen molar-refractivity contribution in [2.24, 2.45) is 11.8 Å². The van der Waals surface area contributed by atoms with Gasteiger partial charge in [-0.05, 0) is 44.9 Å². The Morgan fingerprint density at radius 1 is 1.17 bits per heavy atom. The van der Waals surface area contributed by atoms with Crippen molar-refractivity contribution in [3.05, 3.63) is 41.3 Å². The number of ether oxygens (including phenoxy) is 2. The first-order valence-corrected chi connectivity index (χ1v) is 12.3. The van der Waals surface area contributed by atoms with E-state index in [1.54, 1.807) is 44.2 Å². The number of likely N-dealkylation sites (N-methyl/N-ethyl adjacent to an activating group) is 1. The maximum absolute atomic E-state index is 13.5. The fourth-order valence-corrected chi connectivity index (χ4v) is 4.39. The van der Waals surface area contributed by atoms with Crippen molar-refractivity contribution in [3.63, 3.8) is 0 Å². The van der Waals surface area contributed by atoms with Crippen LogP contribution in [-0.4, -0.2) is 78.7 Å². The number of rotatable bonds is 4. The summed E-state index contributed by atoms with van der Waals surface area (Å²) in [4.78, 5) is 42.6. The molecule has 2 aromatic rings. The first-order chi connectivity index (χ1) is 17.2. The molecule has 4 rings (SSSR count). The number of anilines is 1. The average Bonchev–Trinajstić information content (AvgIpc) is 3.62. The van der Waals surface area contributed by atoms with Crippen molar-refractivity contribution in [1.29, 1.82) is 0 Å². The summed E-state index contributed by atoms with van der Waals surface area (Å²) in [6.07, 6.45) is 1.59. The zero-order valence-corrected chi connectivity index (χ0v) is 21.4. The maximum Gasteiger partial charge on any atom is 0.277 e. The summed E-state index contributed by atoms with van der Waals surface area (Å²) in [5.41, 5.74) is 0.875. The van der Waals surface area contributed by atoms with Crippen molar-refractivity contribution in [2.45, 2.75) is 45.8 Å². The molecule has 0 radical (unpaired) electrons. The second-order valence-electron chi connectivity index (χ2n) is 9.85. The number of aromatic nitrogens is 1. The van der Waals surface area contributed by atoms with Crippen LogP contribution in [0.2, 0.25) is 0 Å². The predicted octanol–water partition coefficient (Wildman–Crippen LogP) is 2.98. The molecule has 10 nitrogen and oxygen atoms in total. The SMILES string of the molecule is CO[C@@H]1CN(C)C(=O)c2cc(NC(=O)c3cc(C)on3)ccc2OC[C@@H](C)N(C(=O)C2CC2)C[C@H]1C. The van der Waals surface area contributed by atoms with E-state index < -0.39 is 5.91 Å². The van der Waals surface area contributed by atoms with Crippen LogP contribution in [0.15, 0.2) is 28.8 Å². The normalized spacial score (nSPS) is 23.2. The highest BCUT2D eigenvalue weighted by Crippen LogP contribution is 2.33. The number of methoxy groups -OCH3 is 1. The van der Waals surface area contributed by atoms with Crippen LogP contribution in [0.3, 0.4) is 0 Å². The fourth-order valence-electron chi connectivity index (χ4n) is 4.39. The van der Waals surface area contributed by atoms with E-state index in [9.17, 15) is 14.4 Å². The molecule has 10 heteroatoms. The van der Waals surface area contributed by atoms with Crippen LogP contribution in [-0.2, 0) is 9.53 Å². The highest BCUT2D eigenvalue weighted by Gasteiger charge is 2.37. The second-order valence-corrected chi connectivity index (χ2v) is 9.85. The van der Waals surface area contributed by atoms with Gasteiger partial charge in [0.25, 0.3) is 11.8 Å². The molecule has 1 aromatic heterocycles. The molecule has 0 spiro atoms. The molecular weight excluding hydrogens is 464 g/mol. The van der Waals surface area contributed by atoms with Crippen molar-refractivity contribution in [3.8, 4) is 5.75 Å². The lowest BCUT2D eigenvalue weighted by Gasteiger charge is -2.36. The average molecular weight is 499 g/mol. The van der Waals surface area contributed by atoms with Gasteiger partial charge in [0, 0.05) is 50.8 Å². The molecule has 1 saturated carbocycles. The molecule has 0 unspecified atom stereocenters. The number of benzene rings is 1. The topological polar surface area (TPSA) is 114 Å². The highest BCUT2D eigenvalue weighted by molar-refractivity contribution is 6.04. The minimum absolute atomic E-state index is 0.00540. The fraction of sp³-hybridized carbons (Fsp3) is 0.538. The van der Waals surface area contributed by atoms with Crippen LogP contribution < -0.4 is 10.1 Å². The Morgan fingerprint density at radius 3 is 2.56 bits per heavy atom. The Balaban J connectivity index is 1.63.